The summed E-state index contributed by atoms with van der Waals surface area (Å²) in [5, 5.41) is 8.72. The first kappa shape index (κ1) is 9.30. The van der Waals surface area contributed by atoms with Crippen LogP contribution in [0.5, 0.6) is 0 Å². The van der Waals surface area contributed by atoms with Crippen LogP contribution in [0.3, 0.4) is 0 Å². The average Bonchev–Trinajstić information content (AvgIpc) is 2.53. The number of aromatic nitrogens is 2. The number of hydrogen-bond donors (Lipinski definition) is 0. The van der Waals surface area contributed by atoms with Crippen LogP contribution >= 0.6 is 43.2 Å². The molecule has 0 aliphatic carbocycles. The van der Waals surface area contributed by atoms with E-state index in [-0.39, 0.29) is 0 Å². The van der Waals surface area contributed by atoms with Gasteiger partial charge in [0, 0.05) is 14.5 Å². The summed E-state index contributed by atoms with van der Waals surface area (Å²) < 4.78 is 2.07. The van der Waals surface area contributed by atoms with E-state index in [1.54, 1.807) is 5.51 Å². The highest BCUT2D eigenvalue weighted by Crippen LogP contribution is 2.28. The zero-order valence-electron chi connectivity index (χ0n) is 6.37. The average molecular weight is 320 g/mol. The first-order chi connectivity index (χ1) is 6.25. The normalized spacial score (nSPS) is 10.3. The predicted octanol–water partition coefficient (Wildman–Crippen LogP) is 3.73. The van der Waals surface area contributed by atoms with Crippen LogP contribution in [-0.4, -0.2) is 10.2 Å². The van der Waals surface area contributed by atoms with Gasteiger partial charge < -0.3 is 0 Å². The van der Waals surface area contributed by atoms with E-state index in [9.17, 15) is 0 Å². The monoisotopic (exact) mass is 318 g/mol. The van der Waals surface area contributed by atoms with Crippen molar-refractivity contribution in [2.45, 2.75) is 0 Å². The Balaban J connectivity index is 2.53. The van der Waals surface area contributed by atoms with Crippen LogP contribution in [0.15, 0.2) is 32.7 Å². The molecule has 0 aliphatic rings. The lowest BCUT2D eigenvalue weighted by Crippen LogP contribution is -1.77. The standard InChI is InChI=1S/C8H4Br2N2S/c9-6-1-5(2-7(10)3-6)8-12-11-4-13-8/h1-4H. The second kappa shape index (κ2) is 3.86. The van der Waals surface area contributed by atoms with Crippen molar-refractivity contribution in [2.24, 2.45) is 0 Å². The molecule has 0 spiro atoms. The number of nitrogens with zero attached hydrogens (tertiary/aromatic N) is 2. The van der Waals surface area contributed by atoms with E-state index in [0.717, 1.165) is 19.5 Å². The van der Waals surface area contributed by atoms with Gasteiger partial charge in [-0.25, -0.2) is 0 Å². The van der Waals surface area contributed by atoms with Crippen LogP contribution in [0.4, 0.5) is 0 Å². The third-order valence-corrected chi connectivity index (χ3v) is 3.13. The van der Waals surface area contributed by atoms with Gasteiger partial charge >= 0.3 is 0 Å². The molecule has 5 heteroatoms. The highest BCUT2D eigenvalue weighted by atomic mass is 79.9. The summed E-state index contributed by atoms with van der Waals surface area (Å²) in [5.41, 5.74) is 2.80. The zero-order valence-corrected chi connectivity index (χ0v) is 10.4. The third kappa shape index (κ3) is 2.15. The van der Waals surface area contributed by atoms with E-state index >= 15 is 0 Å². The lowest BCUT2D eigenvalue weighted by Gasteiger charge is -1.97. The van der Waals surface area contributed by atoms with Crippen LogP contribution in [0, 0.1) is 0 Å². The quantitative estimate of drug-likeness (QED) is 0.800. The lowest BCUT2D eigenvalue weighted by atomic mass is 10.2. The number of benzene rings is 1. The molecule has 66 valence electrons. The maximum atomic E-state index is 4.00. The molecule has 0 aliphatic heterocycles. The molecule has 2 rings (SSSR count). The topological polar surface area (TPSA) is 25.8 Å². The van der Waals surface area contributed by atoms with Gasteiger partial charge in [0.2, 0.25) is 0 Å². The Kier molecular flexibility index (Phi) is 2.76. The molecule has 0 radical (unpaired) electrons. The van der Waals surface area contributed by atoms with Crippen molar-refractivity contribution < 1.29 is 0 Å². The van der Waals surface area contributed by atoms with E-state index in [1.165, 1.54) is 11.3 Å². The van der Waals surface area contributed by atoms with Crippen LogP contribution in [-0.2, 0) is 0 Å². The first-order valence-electron chi connectivity index (χ1n) is 3.48. The van der Waals surface area contributed by atoms with Crippen molar-refractivity contribution in [1.29, 1.82) is 0 Å². The van der Waals surface area contributed by atoms with Crippen LogP contribution < -0.4 is 0 Å². The molecule has 2 aromatic rings. The maximum absolute atomic E-state index is 4.00. The van der Waals surface area contributed by atoms with Gasteiger partial charge in [0.05, 0.1) is 0 Å². The van der Waals surface area contributed by atoms with Gasteiger partial charge in [-0.1, -0.05) is 43.2 Å². The SMILES string of the molecule is Brc1cc(Br)cc(-c2nncs2)c1. The Morgan fingerprint density at radius 1 is 1.08 bits per heavy atom. The Morgan fingerprint density at radius 2 is 1.77 bits per heavy atom. The second-order valence-electron chi connectivity index (χ2n) is 2.40. The highest BCUT2D eigenvalue weighted by molar-refractivity contribution is 9.11. The zero-order chi connectivity index (χ0) is 9.26. The van der Waals surface area contributed by atoms with Gasteiger partial charge in [0.1, 0.15) is 10.5 Å². The summed E-state index contributed by atoms with van der Waals surface area (Å²) in [5.74, 6) is 0. The van der Waals surface area contributed by atoms with Gasteiger partial charge in [0.25, 0.3) is 0 Å². The molecule has 0 amide bonds. The second-order valence-corrected chi connectivity index (χ2v) is 5.07. The molecule has 0 saturated carbocycles. The van der Waals surface area contributed by atoms with Crippen LogP contribution in [0.2, 0.25) is 0 Å². The van der Waals surface area contributed by atoms with Crippen molar-refractivity contribution in [3.8, 4) is 10.6 Å². The summed E-state index contributed by atoms with van der Waals surface area (Å²) in [6, 6.07) is 6.03. The summed E-state index contributed by atoms with van der Waals surface area (Å²) in [7, 11) is 0. The van der Waals surface area contributed by atoms with Gasteiger partial charge in [-0.15, -0.1) is 10.2 Å². The van der Waals surface area contributed by atoms with E-state index in [0.29, 0.717) is 0 Å². The molecule has 13 heavy (non-hydrogen) atoms. The summed E-state index contributed by atoms with van der Waals surface area (Å²) in [6.07, 6.45) is 0. The number of halogens is 2. The molecular formula is C8H4Br2N2S. The molecule has 0 atom stereocenters. The molecule has 0 N–H and O–H groups in total. The number of rotatable bonds is 1. The Morgan fingerprint density at radius 3 is 2.31 bits per heavy atom. The third-order valence-electron chi connectivity index (χ3n) is 1.47. The number of hydrogen-bond acceptors (Lipinski definition) is 3. The van der Waals surface area contributed by atoms with Gasteiger partial charge in [0.15, 0.2) is 0 Å². The molecule has 1 aromatic carbocycles. The van der Waals surface area contributed by atoms with Gasteiger partial charge in [-0.2, -0.15) is 0 Å². The lowest BCUT2D eigenvalue weighted by molar-refractivity contribution is 1.09. The van der Waals surface area contributed by atoms with Crippen molar-refractivity contribution in [2.75, 3.05) is 0 Å². The van der Waals surface area contributed by atoms with Crippen LogP contribution in [0.25, 0.3) is 10.6 Å². The molecule has 0 bridgehead atoms. The van der Waals surface area contributed by atoms with Gasteiger partial charge in [-0.3, -0.25) is 0 Å². The fourth-order valence-corrected chi connectivity index (χ4v) is 2.81. The predicted molar refractivity (Wildman–Crippen MR) is 60.7 cm³/mol. The molecule has 0 saturated heterocycles. The minimum atomic E-state index is 0.932. The van der Waals surface area contributed by atoms with Crippen molar-refractivity contribution in [3.05, 3.63) is 32.7 Å². The molecule has 1 aromatic heterocycles. The fraction of sp³-hybridized carbons (Fsp3) is 0. The van der Waals surface area contributed by atoms with Crippen molar-refractivity contribution >= 4 is 43.2 Å². The minimum Gasteiger partial charge on any atom is -0.147 e. The highest BCUT2D eigenvalue weighted by Gasteiger charge is 2.03. The molecule has 2 nitrogen and oxygen atoms in total. The summed E-state index contributed by atoms with van der Waals surface area (Å²) in [6.45, 7) is 0. The summed E-state index contributed by atoms with van der Waals surface area (Å²) in [4.78, 5) is 0. The van der Waals surface area contributed by atoms with Gasteiger partial charge in [-0.05, 0) is 18.2 Å². The fourth-order valence-electron chi connectivity index (χ4n) is 0.976. The summed E-state index contributed by atoms with van der Waals surface area (Å²) >= 11 is 8.38. The first-order valence-corrected chi connectivity index (χ1v) is 5.95. The molecule has 0 fully saturated rings. The maximum Gasteiger partial charge on any atom is 0.147 e. The molecular weight excluding hydrogens is 316 g/mol. The smallest absolute Gasteiger partial charge is 0.147 e. The van der Waals surface area contributed by atoms with E-state index < -0.39 is 0 Å². The van der Waals surface area contributed by atoms with E-state index in [4.69, 9.17) is 0 Å². The molecule has 1 heterocycles. The largest absolute Gasteiger partial charge is 0.147 e. The Bertz CT molecular complexity index is 394. The minimum absolute atomic E-state index is 0.932. The Hall–Kier alpha value is -0.260. The van der Waals surface area contributed by atoms with E-state index in [1.807, 2.05) is 18.2 Å². The van der Waals surface area contributed by atoms with Crippen molar-refractivity contribution in [1.82, 2.24) is 10.2 Å². The van der Waals surface area contributed by atoms with Crippen LogP contribution in [0.1, 0.15) is 0 Å². The van der Waals surface area contributed by atoms with E-state index in [2.05, 4.69) is 42.1 Å². The Labute approximate surface area is 96.3 Å². The molecule has 0 unspecified atom stereocenters. The van der Waals surface area contributed by atoms with Crippen molar-refractivity contribution in [3.63, 3.8) is 0 Å².